The fraction of sp³-hybridized carbons (Fsp3) is 0.769. The highest BCUT2D eigenvalue weighted by Crippen LogP contribution is 2.10. The summed E-state index contributed by atoms with van der Waals surface area (Å²) in [4.78, 5) is 15.0. The molecule has 8 nitrogen and oxygen atoms in total. The predicted molar refractivity (Wildman–Crippen MR) is 80.9 cm³/mol. The highest BCUT2D eigenvalue weighted by Gasteiger charge is 2.10. The second kappa shape index (κ2) is 8.58. The third-order valence-corrected chi connectivity index (χ3v) is 3.15. The van der Waals surface area contributed by atoms with Gasteiger partial charge < -0.3 is 20.1 Å². The minimum Gasteiger partial charge on any atom is -0.464 e. The molecule has 1 fully saturated rings. The molecule has 118 valence electrons. The van der Waals surface area contributed by atoms with E-state index >= 15 is 0 Å². The largest absolute Gasteiger partial charge is 0.464 e. The zero-order valence-corrected chi connectivity index (χ0v) is 12.8. The number of rotatable bonds is 8. The summed E-state index contributed by atoms with van der Waals surface area (Å²) in [5.74, 6) is 1.05. The van der Waals surface area contributed by atoms with E-state index in [-0.39, 0.29) is 0 Å². The van der Waals surface area contributed by atoms with E-state index in [1.165, 1.54) is 0 Å². The Kier molecular flexibility index (Phi) is 6.42. The Bertz CT molecular complexity index is 425. The molecular weight excluding hydrogens is 272 g/mol. The highest BCUT2D eigenvalue weighted by atomic mass is 16.5. The van der Waals surface area contributed by atoms with E-state index in [9.17, 15) is 0 Å². The number of nitrogens with one attached hydrogen (secondary N) is 2. The second-order valence-corrected chi connectivity index (χ2v) is 4.68. The molecule has 0 aromatic carbocycles. The number of ether oxygens (including phenoxy) is 2. The normalized spacial score (nSPS) is 15.7. The van der Waals surface area contributed by atoms with E-state index in [0.717, 1.165) is 45.8 Å². The van der Waals surface area contributed by atoms with Crippen LogP contribution >= 0.6 is 0 Å². The van der Waals surface area contributed by atoms with Crippen LogP contribution in [0, 0.1) is 0 Å². The van der Waals surface area contributed by atoms with Gasteiger partial charge in [0.1, 0.15) is 0 Å². The van der Waals surface area contributed by atoms with Crippen LogP contribution in [0.1, 0.15) is 13.3 Å². The van der Waals surface area contributed by atoms with Crippen molar-refractivity contribution in [3.05, 3.63) is 0 Å². The van der Waals surface area contributed by atoms with Gasteiger partial charge in [-0.3, -0.25) is 4.90 Å². The van der Waals surface area contributed by atoms with E-state index in [4.69, 9.17) is 9.47 Å². The van der Waals surface area contributed by atoms with Gasteiger partial charge in [-0.15, -0.1) is 0 Å². The smallest absolute Gasteiger partial charge is 0.323 e. The fourth-order valence-electron chi connectivity index (χ4n) is 2.07. The monoisotopic (exact) mass is 296 g/mol. The van der Waals surface area contributed by atoms with Crippen LogP contribution in [0.5, 0.6) is 6.01 Å². The Hall–Kier alpha value is -1.67. The van der Waals surface area contributed by atoms with Gasteiger partial charge in [-0.1, -0.05) is 0 Å². The molecule has 0 saturated carbocycles. The first kappa shape index (κ1) is 15.7. The van der Waals surface area contributed by atoms with Gasteiger partial charge in [-0.05, 0) is 19.9 Å². The van der Waals surface area contributed by atoms with Gasteiger partial charge in [0.05, 0.1) is 19.8 Å². The Morgan fingerprint density at radius 2 is 1.95 bits per heavy atom. The first-order valence-electron chi connectivity index (χ1n) is 7.42. The third-order valence-electron chi connectivity index (χ3n) is 3.15. The van der Waals surface area contributed by atoms with Crippen LogP contribution in [-0.2, 0) is 4.74 Å². The molecule has 21 heavy (non-hydrogen) atoms. The van der Waals surface area contributed by atoms with E-state index in [1.807, 2.05) is 6.92 Å². The van der Waals surface area contributed by atoms with Crippen molar-refractivity contribution in [2.45, 2.75) is 13.3 Å². The van der Waals surface area contributed by atoms with Crippen molar-refractivity contribution in [3.8, 4) is 6.01 Å². The molecule has 0 radical (unpaired) electrons. The summed E-state index contributed by atoms with van der Waals surface area (Å²) in [5.41, 5.74) is 0. The Labute approximate surface area is 125 Å². The van der Waals surface area contributed by atoms with Gasteiger partial charge in [0.15, 0.2) is 0 Å². The van der Waals surface area contributed by atoms with Crippen molar-refractivity contribution in [1.29, 1.82) is 0 Å². The lowest BCUT2D eigenvalue weighted by molar-refractivity contribution is 0.0378. The van der Waals surface area contributed by atoms with Gasteiger partial charge in [-0.2, -0.15) is 15.0 Å². The highest BCUT2D eigenvalue weighted by molar-refractivity contribution is 5.35. The number of hydrogen-bond donors (Lipinski definition) is 2. The third kappa shape index (κ3) is 5.31. The Morgan fingerprint density at radius 3 is 2.67 bits per heavy atom. The zero-order valence-electron chi connectivity index (χ0n) is 12.8. The molecule has 2 N–H and O–H groups in total. The van der Waals surface area contributed by atoms with Gasteiger partial charge in [0.2, 0.25) is 11.9 Å². The lowest BCUT2D eigenvalue weighted by Crippen LogP contribution is -2.37. The zero-order chi connectivity index (χ0) is 14.9. The summed E-state index contributed by atoms with van der Waals surface area (Å²) in [6, 6.07) is 0.340. The minimum atomic E-state index is 0.340. The number of morpholine rings is 1. The maximum atomic E-state index is 5.33. The van der Waals surface area contributed by atoms with Crippen molar-refractivity contribution in [3.63, 3.8) is 0 Å². The first-order valence-corrected chi connectivity index (χ1v) is 7.42. The van der Waals surface area contributed by atoms with Crippen LogP contribution < -0.4 is 15.4 Å². The predicted octanol–water partition coefficient (Wildman–Crippen LogP) is 0.446. The van der Waals surface area contributed by atoms with Gasteiger partial charge in [0.25, 0.3) is 0 Å². The van der Waals surface area contributed by atoms with E-state index < -0.39 is 0 Å². The molecule has 0 amide bonds. The Balaban J connectivity index is 1.77. The Morgan fingerprint density at radius 1 is 1.19 bits per heavy atom. The van der Waals surface area contributed by atoms with Crippen LogP contribution in [0.2, 0.25) is 0 Å². The number of hydrogen-bond acceptors (Lipinski definition) is 8. The molecule has 1 aromatic rings. The molecule has 1 saturated heterocycles. The van der Waals surface area contributed by atoms with Crippen molar-refractivity contribution < 1.29 is 9.47 Å². The number of anilines is 2. The van der Waals surface area contributed by atoms with Crippen LogP contribution in [0.15, 0.2) is 0 Å². The molecule has 2 rings (SSSR count). The SMILES string of the molecule is CCOc1nc(NC)nc(NCCCN2CCOCC2)n1. The summed E-state index contributed by atoms with van der Waals surface area (Å²) in [6.07, 6.45) is 1.03. The number of aromatic nitrogens is 3. The molecule has 0 aliphatic carbocycles. The second-order valence-electron chi connectivity index (χ2n) is 4.68. The van der Waals surface area contributed by atoms with Crippen LogP contribution in [-0.4, -0.2) is 72.9 Å². The fourth-order valence-corrected chi connectivity index (χ4v) is 2.07. The number of nitrogens with zero attached hydrogens (tertiary/aromatic N) is 4. The molecule has 0 unspecified atom stereocenters. The lowest BCUT2D eigenvalue weighted by atomic mass is 10.3. The van der Waals surface area contributed by atoms with Gasteiger partial charge in [-0.25, -0.2) is 0 Å². The quantitative estimate of drug-likeness (QED) is 0.669. The summed E-state index contributed by atoms with van der Waals surface area (Å²) in [5, 5.41) is 6.12. The van der Waals surface area contributed by atoms with E-state index in [0.29, 0.717) is 24.5 Å². The van der Waals surface area contributed by atoms with Crippen LogP contribution in [0.25, 0.3) is 0 Å². The first-order chi connectivity index (χ1) is 10.3. The van der Waals surface area contributed by atoms with E-state index in [2.05, 4.69) is 30.5 Å². The van der Waals surface area contributed by atoms with Crippen molar-refractivity contribution in [2.24, 2.45) is 0 Å². The standard InChI is InChI=1S/C13H24N6O2/c1-3-21-13-17-11(14-2)16-12(18-13)15-5-4-6-19-7-9-20-10-8-19/h3-10H2,1-2H3,(H2,14,15,16,17,18). The molecule has 1 aliphatic rings. The molecule has 8 heteroatoms. The van der Waals surface area contributed by atoms with Crippen LogP contribution in [0.4, 0.5) is 11.9 Å². The van der Waals surface area contributed by atoms with Gasteiger partial charge >= 0.3 is 6.01 Å². The van der Waals surface area contributed by atoms with Crippen molar-refractivity contribution in [2.75, 3.05) is 63.7 Å². The summed E-state index contributed by atoms with van der Waals surface area (Å²) >= 11 is 0. The molecule has 1 aliphatic heterocycles. The van der Waals surface area contributed by atoms with Gasteiger partial charge in [0, 0.05) is 26.7 Å². The average molecular weight is 296 g/mol. The maximum absolute atomic E-state index is 5.33. The molecule has 2 heterocycles. The maximum Gasteiger partial charge on any atom is 0.323 e. The van der Waals surface area contributed by atoms with E-state index in [1.54, 1.807) is 7.05 Å². The lowest BCUT2D eigenvalue weighted by Gasteiger charge is -2.26. The molecule has 0 spiro atoms. The molecule has 0 atom stereocenters. The molecule has 1 aromatic heterocycles. The topological polar surface area (TPSA) is 84.4 Å². The molecular formula is C13H24N6O2. The average Bonchev–Trinajstić information content (AvgIpc) is 2.53. The summed E-state index contributed by atoms with van der Waals surface area (Å²) in [6.45, 7) is 8.01. The van der Waals surface area contributed by atoms with Crippen LogP contribution in [0.3, 0.4) is 0 Å². The van der Waals surface area contributed by atoms with Crippen molar-refractivity contribution >= 4 is 11.9 Å². The minimum absolute atomic E-state index is 0.340. The summed E-state index contributed by atoms with van der Waals surface area (Å²) in [7, 11) is 1.77. The van der Waals surface area contributed by atoms with Crippen molar-refractivity contribution in [1.82, 2.24) is 19.9 Å². The molecule has 0 bridgehead atoms. The summed E-state index contributed by atoms with van der Waals surface area (Å²) < 4.78 is 10.7.